The SMILES string of the molecule is O=C(COc1cccc(N2CCCC2=O)c1)N1CCC(Oc2ccc(F)cc2F)CC1. The van der Waals surface area contributed by atoms with E-state index in [1.54, 1.807) is 28.0 Å². The van der Waals surface area contributed by atoms with E-state index >= 15 is 0 Å². The van der Waals surface area contributed by atoms with Gasteiger partial charge in [-0.25, -0.2) is 8.78 Å². The summed E-state index contributed by atoms with van der Waals surface area (Å²) in [5.41, 5.74) is 0.776. The van der Waals surface area contributed by atoms with Crippen LogP contribution in [-0.4, -0.2) is 49.1 Å². The lowest BCUT2D eigenvalue weighted by molar-refractivity contribution is -0.135. The number of carbonyl (C=O) groups excluding carboxylic acids is 2. The Hall–Kier alpha value is -3.16. The third-order valence-electron chi connectivity index (χ3n) is 5.55. The van der Waals surface area contributed by atoms with Gasteiger partial charge in [-0.3, -0.25) is 9.59 Å². The van der Waals surface area contributed by atoms with Crippen molar-refractivity contribution >= 4 is 17.5 Å². The van der Waals surface area contributed by atoms with Gasteiger partial charge in [0.05, 0.1) is 0 Å². The lowest BCUT2D eigenvalue weighted by Crippen LogP contribution is -2.43. The van der Waals surface area contributed by atoms with Gasteiger partial charge >= 0.3 is 0 Å². The number of piperidine rings is 1. The number of carbonyl (C=O) groups is 2. The van der Waals surface area contributed by atoms with Crippen molar-refractivity contribution in [3.63, 3.8) is 0 Å². The van der Waals surface area contributed by atoms with Crippen molar-refractivity contribution in [1.82, 2.24) is 4.90 Å². The Labute approximate surface area is 179 Å². The van der Waals surface area contributed by atoms with E-state index in [4.69, 9.17) is 9.47 Å². The predicted molar refractivity (Wildman–Crippen MR) is 110 cm³/mol. The first kappa shape index (κ1) is 21.1. The average Bonchev–Trinajstić information content (AvgIpc) is 3.20. The molecule has 2 amide bonds. The highest BCUT2D eigenvalue weighted by Gasteiger charge is 2.25. The molecule has 8 heteroatoms. The summed E-state index contributed by atoms with van der Waals surface area (Å²) < 4.78 is 38.0. The lowest BCUT2D eigenvalue weighted by Gasteiger charge is -2.32. The van der Waals surface area contributed by atoms with E-state index in [-0.39, 0.29) is 30.3 Å². The fraction of sp³-hybridized carbons (Fsp3) is 0.391. The first-order chi connectivity index (χ1) is 15.0. The summed E-state index contributed by atoms with van der Waals surface area (Å²) in [7, 11) is 0. The van der Waals surface area contributed by atoms with Crippen LogP contribution in [0.15, 0.2) is 42.5 Å². The van der Waals surface area contributed by atoms with Gasteiger partial charge in [0.1, 0.15) is 17.7 Å². The molecule has 2 aliphatic heterocycles. The Kier molecular flexibility index (Phi) is 6.34. The maximum absolute atomic E-state index is 13.8. The number of benzene rings is 2. The number of anilines is 1. The van der Waals surface area contributed by atoms with E-state index in [1.807, 2.05) is 6.07 Å². The van der Waals surface area contributed by atoms with Gasteiger partial charge in [-0.2, -0.15) is 0 Å². The molecule has 0 N–H and O–H groups in total. The van der Waals surface area contributed by atoms with Crippen LogP contribution >= 0.6 is 0 Å². The van der Waals surface area contributed by atoms with Gasteiger partial charge in [0.15, 0.2) is 18.2 Å². The zero-order chi connectivity index (χ0) is 21.8. The Morgan fingerprint density at radius 1 is 1.06 bits per heavy atom. The third kappa shape index (κ3) is 5.13. The number of hydrogen-bond acceptors (Lipinski definition) is 4. The van der Waals surface area contributed by atoms with Crippen molar-refractivity contribution in [3.8, 4) is 11.5 Å². The second kappa shape index (κ2) is 9.32. The highest BCUT2D eigenvalue weighted by atomic mass is 19.1. The summed E-state index contributed by atoms with van der Waals surface area (Å²) in [6, 6.07) is 10.4. The van der Waals surface area contributed by atoms with Gasteiger partial charge in [-0.1, -0.05) is 6.07 Å². The molecular formula is C23H24F2N2O4. The van der Waals surface area contributed by atoms with Crippen molar-refractivity contribution in [2.45, 2.75) is 31.8 Å². The van der Waals surface area contributed by atoms with Crippen LogP contribution in [0.2, 0.25) is 0 Å². The lowest BCUT2D eigenvalue weighted by atomic mass is 10.1. The van der Waals surface area contributed by atoms with Crippen molar-refractivity contribution in [1.29, 1.82) is 0 Å². The molecule has 0 spiro atoms. The average molecular weight is 430 g/mol. The van der Waals surface area contributed by atoms with E-state index in [2.05, 4.69) is 0 Å². The Morgan fingerprint density at radius 3 is 2.58 bits per heavy atom. The number of hydrogen-bond donors (Lipinski definition) is 0. The minimum Gasteiger partial charge on any atom is -0.487 e. The van der Waals surface area contributed by atoms with Gasteiger partial charge in [-0.05, 0) is 30.7 Å². The number of amides is 2. The Bertz CT molecular complexity index is 960. The molecule has 0 aliphatic carbocycles. The van der Waals surface area contributed by atoms with Crippen LogP contribution in [0.5, 0.6) is 11.5 Å². The number of ether oxygens (including phenoxy) is 2. The molecule has 0 aromatic heterocycles. The summed E-state index contributed by atoms with van der Waals surface area (Å²) in [6.07, 6.45) is 2.26. The molecule has 6 nitrogen and oxygen atoms in total. The standard InChI is InChI=1S/C23H24F2N2O4/c24-16-6-7-21(20(25)13-16)31-18-8-11-26(12-9-18)23(29)15-30-19-4-1-3-17(14-19)27-10-2-5-22(27)28/h1,3-4,6-7,13-14,18H,2,5,8-12,15H2. The van der Waals surface area contributed by atoms with Crippen LogP contribution in [0.4, 0.5) is 14.5 Å². The van der Waals surface area contributed by atoms with Crippen molar-refractivity contribution in [2.75, 3.05) is 31.1 Å². The van der Waals surface area contributed by atoms with E-state index < -0.39 is 11.6 Å². The van der Waals surface area contributed by atoms with Gasteiger partial charge in [0.25, 0.3) is 5.91 Å². The summed E-state index contributed by atoms with van der Waals surface area (Å²) in [4.78, 5) is 27.8. The maximum atomic E-state index is 13.8. The highest BCUT2D eigenvalue weighted by molar-refractivity contribution is 5.95. The van der Waals surface area contributed by atoms with Crippen LogP contribution < -0.4 is 14.4 Å². The molecule has 2 aromatic carbocycles. The second-order valence-corrected chi connectivity index (χ2v) is 7.71. The molecule has 0 saturated carbocycles. The molecule has 0 atom stereocenters. The number of rotatable bonds is 6. The third-order valence-corrected chi connectivity index (χ3v) is 5.55. The monoisotopic (exact) mass is 430 g/mol. The fourth-order valence-corrected chi connectivity index (χ4v) is 3.87. The van der Waals surface area contributed by atoms with Crippen LogP contribution in [-0.2, 0) is 9.59 Å². The van der Waals surface area contributed by atoms with E-state index in [1.165, 1.54) is 6.07 Å². The van der Waals surface area contributed by atoms with Crippen molar-refractivity contribution in [3.05, 3.63) is 54.1 Å². The van der Waals surface area contributed by atoms with E-state index in [9.17, 15) is 18.4 Å². The van der Waals surface area contributed by atoms with Crippen molar-refractivity contribution in [2.24, 2.45) is 0 Å². The molecule has 2 aromatic rings. The number of likely N-dealkylation sites (tertiary alicyclic amines) is 1. The Morgan fingerprint density at radius 2 is 1.87 bits per heavy atom. The quantitative estimate of drug-likeness (QED) is 0.704. The van der Waals surface area contributed by atoms with Crippen LogP contribution in [0.25, 0.3) is 0 Å². The molecule has 4 rings (SSSR count). The molecule has 2 fully saturated rings. The molecule has 2 aliphatic rings. The molecule has 2 heterocycles. The van der Waals surface area contributed by atoms with Gasteiger partial charge in [0, 0.05) is 56.7 Å². The summed E-state index contributed by atoms with van der Waals surface area (Å²) >= 11 is 0. The molecular weight excluding hydrogens is 406 g/mol. The molecule has 31 heavy (non-hydrogen) atoms. The van der Waals surface area contributed by atoms with E-state index in [0.29, 0.717) is 44.6 Å². The van der Waals surface area contributed by atoms with Crippen LogP contribution in [0.3, 0.4) is 0 Å². The van der Waals surface area contributed by atoms with Gasteiger partial charge < -0.3 is 19.3 Å². The zero-order valence-corrected chi connectivity index (χ0v) is 17.1. The van der Waals surface area contributed by atoms with Crippen LogP contribution in [0, 0.1) is 11.6 Å². The first-order valence-electron chi connectivity index (χ1n) is 10.4. The fourth-order valence-electron chi connectivity index (χ4n) is 3.87. The smallest absolute Gasteiger partial charge is 0.260 e. The summed E-state index contributed by atoms with van der Waals surface area (Å²) in [5, 5.41) is 0. The van der Waals surface area contributed by atoms with Gasteiger partial charge in [0.2, 0.25) is 5.91 Å². The zero-order valence-electron chi connectivity index (χ0n) is 17.1. The normalized spacial score (nSPS) is 17.2. The highest BCUT2D eigenvalue weighted by Crippen LogP contribution is 2.26. The second-order valence-electron chi connectivity index (χ2n) is 7.71. The topological polar surface area (TPSA) is 59.1 Å². The number of halogens is 2. The minimum absolute atomic E-state index is 0.0193. The minimum atomic E-state index is -0.732. The largest absolute Gasteiger partial charge is 0.487 e. The molecule has 0 radical (unpaired) electrons. The summed E-state index contributed by atoms with van der Waals surface area (Å²) in [6.45, 7) is 1.53. The van der Waals surface area contributed by atoms with Crippen LogP contribution in [0.1, 0.15) is 25.7 Å². The molecule has 2 saturated heterocycles. The molecule has 164 valence electrons. The molecule has 0 unspecified atom stereocenters. The van der Waals surface area contributed by atoms with Crippen molar-refractivity contribution < 1.29 is 27.8 Å². The molecule has 0 bridgehead atoms. The van der Waals surface area contributed by atoms with Gasteiger partial charge in [-0.15, -0.1) is 0 Å². The number of nitrogens with zero attached hydrogens (tertiary/aromatic N) is 2. The maximum Gasteiger partial charge on any atom is 0.260 e. The Balaban J connectivity index is 1.25. The van der Waals surface area contributed by atoms with E-state index in [0.717, 1.165) is 24.2 Å². The predicted octanol–water partition coefficient (Wildman–Crippen LogP) is 3.54. The first-order valence-corrected chi connectivity index (χ1v) is 10.4. The summed E-state index contributed by atoms with van der Waals surface area (Å²) in [5.74, 6) is -0.873.